The molecule has 8 nitrogen and oxygen atoms in total. The van der Waals surface area contributed by atoms with Crippen molar-refractivity contribution < 1.29 is 18.3 Å². The summed E-state index contributed by atoms with van der Waals surface area (Å²) in [6, 6.07) is 11.4. The van der Waals surface area contributed by atoms with Gasteiger partial charge in [-0.3, -0.25) is 4.79 Å². The largest absolute Gasteiger partial charge is 0.463 e. The number of likely N-dealkylation sites (tertiary alicyclic amines) is 1. The molecule has 2 aliphatic heterocycles. The maximum Gasteiger partial charge on any atom is 0.319 e. The molecule has 1 saturated carbocycles. The number of benzene rings is 2. The lowest BCUT2D eigenvalue weighted by Crippen LogP contribution is -2.55. The number of amides is 1. The first-order chi connectivity index (χ1) is 22.2. The summed E-state index contributed by atoms with van der Waals surface area (Å²) >= 11 is 0. The minimum Gasteiger partial charge on any atom is -0.463 e. The fourth-order valence-corrected chi connectivity index (χ4v) is 7.66. The standard InChI is InChI=1S/C36H40F2N6O2/c1-23-18-25-6-5-7-27(30(25)19-23)28-8-9-29-32(31(28)38)40-35(46-22-36(11-12-36)21-42-14-3-4-15-42)41-33(29)43-16-17-44(34(45)24(2)37)26(20-43)10-13-39/h5-9,23,26H,2-4,10-12,14-22H2,1H3/t23-,26-/m0/s1. The van der Waals surface area contributed by atoms with Crippen LogP contribution in [0.2, 0.25) is 0 Å². The van der Waals surface area contributed by atoms with Crippen molar-refractivity contribution >= 4 is 22.6 Å². The number of nitriles is 1. The monoisotopic (exact) mass is 626 g/mol. The Labute approximate surface area is 268 Å². The smallest absolute Gasteiger partial charge is 0.319 e. The molecule has 3 aromatic rings. The summed E-state index contributed by atoms with van der Waals surface area (Å²) in [5.74, 6) is -1.31. The number of carbonyl (C=O) groups is 1. The molecule has 0 bridgehead atoms. The zero-order valence-corrected chi connectivity index (χ0v) is 26.4. The number of nitrogens with zero attached hydrogens (tertiary/aromatic N) is 6. The maximum atomic E-state index is 16.7. The minimum absolute atomic E-state index is 0.0109. The Hall–Kier alpha value is -4.10. The molecular formula is C36H40F2N6O2. The van der Waals surface area contributed by atoms with Crippen LogP contribution in [0.3, 0.4) is 0 Å². The van der Waals surface area contributed by atoms with Crippen molar-refractivity contribution in [3.05, 3.63) is 59.7 Å². The van der Waals surface area contributed by atoms with Crippen molar-refractivity contribution in [1.82, 2.24) is 19.8 Å². The lowest BCUT2D eigenvalue weighted by atomic mass is 9.95. The predicted octanol–water partition coefficient (Wildman–Crippen LogP) is 5.84. The summed E-state index contributed by atoms with van der Waals surface area (Å²) in [7, 11) is 0. The second kappa shape index (κ2) is 12.3. The number of halogens is 2. The van der Waals surface area contributed by atoms with E-state index < -0.39 is 23.6 Å². The van der Waals surface area contributed by atoms with Gasteiger partial charge in [0.05, 0.1) is 25.1 Å². The highest BCUT2D eigenvalue weighted by molar-refractivity contribution is 5.94. The van der Waals surface area contributed by atoms with Crippen LogP contribution in [0.4, 0.5) is 14.6 Å². The van der Waals surface area contributed by atoms with Gasteiger partial charge < -0.3 is 19.4 Å². The Kier molecular flexibility index (Phi) is 8.14. The normalized spacial score (nSPS) is 22.1. The molecule has 4 aliphatic rings. The van der Waals surface area contributed by atoms with E-state index in [9.17, 15) is 14.4 Å². The van der Waals surface area contributed by atoms with Crippen LogP contribution in [0.25, 0.3) is 22.0 Å². The third-order valence-electron chi connectivity index (χ3n) is 10.3. The van der Waals surface area contributed by atoms with E-state index in [2.05, 4.69) is 35.5 Å². The van der Waals surface area contributed by atoms with Crippen LogP contribution < -0.4 is 9.64 Å². The lowest BCUT2D eigenvalue weighted by molar-refractivity contribution is -0.131. The summed E-state index contributed by atoms with van der Waals surface area (Å²) < 4.78 is 36.9. The number of ether oxygens (including phenoxy) is 1. The topological polar surface area (TPSA) is 85.6 Å². The van der Waals surface area contributed by atoms with Crippen molar-refractivity contribution in [2.24, 2.45) is 11.3 Å². The summed E-state index contributed by atoms with van der Waals surface area (Å²) in [6.07, 6.45) is 6.50. The molecule has 0 N–H and O–H groups in total. The molecule has 7 rings (SSSR count). The zero-order valence-electron chi connectivity index (χ0n) is 26.4. The van der Waals surface area contributed by atoms with Gasteiger partial charge in [-0.2, -0.15) is 15.2 Å². The molecule has 10 heteroatoms. The van der Waals surface area contributed by atoms with Gasteiger partial charge in [0.25, 0.3) is 5.91 Å². The molecule has 2 aromatic carbocycles. The number of rotatable bonds is 9. The van der Waals surface area contributed by atoms with Crippen LogP contribution in [0.15, 0.2) is 42.7 Å². The maximum absolute atomic E-state index is 16.7. The lowest BCUT2D eigenvalue weighted by Gasteiger charge is -2.41. The van der Waals surface area contributed by atoms with Gasteiger partial charge in [0.15, 0.2) is 11.6 Å². The average Bonchev–Trinajstić information content (AvgIpc) is 3.40. The molecule has 0 spiro atoms. The number of anilines is 1. The molecule has 46 heavy (non-hydrogen) atoms. The minimum atomic E-state index is -1.06. The number of carbonyl (C=O) groups excluding carboxylic acids is 1. The van der Waals surface area contributed by atoms with Crippen molar-refractivity contribution in [3.63, 3.8) is 0 Å². The molecule has 2 atom stereocenters. The van der Waals surface area contributed by atoms with Gasteiger partial charge in [0, 0.05) is 42.5 Å². The second-order valence-corrected chi connectivity index (χ2v) is 13.7. The number of aromatic nitrogens is 2. The number of hydrogen-bond acceptors (Lipinski definition) is 7. The van der Waals surface area contributed by atoms with Crippen molar-refractivity contribution in [2.45, 2.75) is 57.9 Å². The van der Waals surface area contributed by atoms with E-state index in [0.717, 1.165) is 50.9 Å². The van der Waals surface area contributed by atoms with Crippen molar-refractivity contribution in [1.29, 1.82) is 5.26 Å². The Bertz CT molecular complexity index is 1730. The Morgan fingerprint density at radius 3 is 2.65 bits per heavy atom. The summed E-state index contributed by atoms with van der Waals surface area (Å²) in [4.78, 5) is 27.8. The van der Waals surface area contributed by atoms with Gasteiger partial charge in [-0.1, -0.05) is 37.8 Å². The molecule has 0 radical (unpaired) electrons. The highest BCUT2D eigenvalue weighted by atomic mass is 19.1. The highest BCUT2D eigenvalue weighted by Gasteiger charge is 2.45. The van der Waals surface area contributed by atoms with Crippen LogP contribution in [0, 0.1) is 28.5 Å². The summed E-state index contributed by atoms with van der Waals surface area (Å²) in [5, 5.41) is 10.0. The number of hydrogen-bond donors (Lipinski definition) is 0. The number of piperazine rings is 1. The van der Waals surface area contributed by atoms with Gasteiger partial charge in [-0.05, 0) is 80.3 Å². The Morgan fingerprint density at radius 2 is 1.91 bits per heavy atom. The fraction of sp³-hybridized carbons (Fsp3) is 0.500. The van der Waals surface area contributed by atoms with Crippen molar-refractivity contribution in [3.8, 4) is 23.2 Å². The first kappa shape index (κ1) is 30.5. The van der Waals surface area contributed by atoms with E-state index in [4.69, 9.17) is 9.72 Å². The van der Waals surface area contributed by atoms with Gasteiger partial charge in [-0.15, -0.1) is 0 Å². The molecule has 0 unspecified atom stereocenters. The molecule has 1 aromatic heterocycles. The first-order valence-electron chi connectivity index (χ1n) is 16.5. The SMILES string of the molecule is C=C(F)C(=O)N1CCN(c2nc(OCC3(CN4CCCC4)CC3)nc3c(F)c(-c4cccc5c4C[C@@H](C)C5)ccc23)C[C@@H]1CC#N. The average molecular weight is 627 g/mol. The number of fused-ring (bicyclic) bond motifs is 2. The van der Waals surface area contributed by atoms with Gasteiger partial charge in [0.2, 0.25) is 0 Å². The van der Waals surface area contributed by atoms with Crippen LogP contribution >= 0.6 is 0 Å². The Balaban J connectivity index is 1.26. The first-order valence-corrected chi connectivity index (χ1v) is 16.5. The van der Waals surface area contributed by atoms with Gasteiger partial charge >= 0.3 is 6.01 Å². The molecular weight excluding hydrogens is 586 g/mol. The van der Waals surface area contributed by atoms with E-state index >= 15 is 4.39 Å². The zero-order chi connectivity index (χ0) is 32.0. The van der Waals surface area contributed by atoms with Crippen molar-refractivity contribution in [2.75, 3.05) is 50.8 Å². The van der Waals surface area contributed by atoms with E-state index in [1.807, 2.05) is 23.1 Å². The molecule has 2 saturated heterocycles. The molecule has 240 valence electrons. The molecule has 2 aliphatic carbocycles. The third kappa shape index (κ3) is 5.81. The van der Waals surface area contributed by atoms with E-state index in [1.54, 1.807) is 6.07 Å². The van der Waals surface area contributed by atoms with E-state index in [1.165, 1.54) is 28.9 Å². The van der Waals surface area contributed by atoms with Crippen LogP contribution in [0.1, 0.15) is 50.2 Å². The Morgan fingerprint density at radius 1 is 1.11 bits per heavy atom. The molecule has 1 amide bonds. The highest BCUT2D eigenvalue weighted by Crippen LogP contribution is 2.47. The fourth-order valence-electron chi connectivity index (χ4n) is 7.66. The van der Waals surface area contributed by atoms with Crippen LogP contribution in [-0.2, 0) is 17.6 Å². The van der Waals surface area contributed by atoms with Crippen LogP contribution in [-0.4, -0.2) is 77.6 Å². The van der Waals surface area contributed by atoms with Gasteiger partial charge in [0.1, 0.15) is 11.3 Å². The van der Waals surface area contributed by atoms with E-state index in [0.29, 0.717) is 35.8 Å². The van der Waals surface area contributed by atoms with E-state index in [-0.39, 0.29) is 36.5 Å². The molecule has 3 fully saturated rings. The van der Waals surface area contributed by atoms with Gasteiger partial charge in [-0.25, -0.2) is 8.78 Å². The van der Waals surface area contributed by atoms with Crippen LogP contribution in [0.5, 0.6) is 6.01 Å². The quantitative estimate of drug-likeness (QED) is 0.276. The molecule has 3 heterocycles. The third-order valence-corrected chi connectivity index (χ3v) is 10.3. The summed E-state index contributed by atoms with van der Waals surface area (Å²) in [6.45, 7) is 9.76. The predicted molar refractivity (Wildman–Crippen MR) is 173 cm³/mol. The second-order valence-electron chi connectivity index (χ2n) is 13.7. The summed E-state index contributed by atoms with van der Waals surface area (Å²) in [5.41, 5.74) is 4.07.